The fraction of sp³-hybridized carbons (Fsp3) is 0.500. The smallest absolute Gasteiger partial charge is 0.319 e. The summed E-state index contributed by atoms with van der Waals surface area (Å²) in [5, 5.41) is 4.56. The molecule has 2 bridgehead atoms. The number of nitrogen functional groups attached to an aromatic ring is 1. The highest BCUT2D eigenvalue weighted by atomic mass is 35.5. The molecule has 4 aromatic rings. The number of hydrogen-bond donors (Lipinski definition) is 2. The molecule has 0 radical (unpaired) electrons. The summed E-state index contributed by atoms with van der Waals surface area (Å²) in [6, 6.07) is 5.40. The number of rotatable bonds is 7. The van der Waals surface area contributed by atoms with Crippen LogP contribution in [-0.2, 0) is 0 Å². The van der Waals surface area contributed by atoms with E-state index in [9.17, 15) is 4.39 Å². The number of aromatic nitrogens is 3. The number of hydrogen-bond acceptors (Lipinski definition) is 9. The van der Waals surface area contributed by atoms with Gasteiger partial charge < -0.3 is 25.6 Å². The maximum atomic E-state index is 16.7. The molecule has 12 heteroatoms. The van der Waals surface area contributed by atoms with Gasteiger partial charge in [-0.05, 0) is 69.8 Å². The molecule has 3 saturated heterocycles. The number of ether oxygens (including phenoxy) is 1. The Morgan fingerprint density at radius 2 is 1.83 bits per heavy atom. The summed E-state index contributed by atoms with van der Waals surface area (Å²) in [5.41, 5.74) is 6.90. The van der Waals surface area contributed by atoms with Crippen molar-refractivity contribution in [2.24, 2.45) is 5.41 Å². The zero-order chi connectivity index (χ0) is 28.6. The van der Waals surface area contributed by atoms with E-state index in [1.165, 1.54) is 25.0 Å². The number of nitrogens with one attached hydrogen (secondary N) is 1. The van der Waals surface area contributed by atoms with Crippen LogP contribution >= 0.6 is 22.9 Å². The Morgan fingerprint density at radius 1 is 1.07 bits per heavy atom. The summed E-state index contributed by atoms with van der Waals surface area (Å²) in [6.07, 6.45) is 6.91. The van der Waals surface area contributed by atoms with E-state index < -0.39 is 11.6 Å². The van der Waals surface area contributed by atoms with Gasteiger partial charge in [0.1, 0.15) is 17.2 Å². The number of anilines is 2. The Hall–Kier alpha value is -2.86. The van der Waals surface area contributed by atoms with E-state index in [4.69, 9.17) is 27.1 Å². The monoisotopic (exact) mass is 611 g/mol. The summed E-state index contributed by atoms with van der Waals surface area (Å²) in [4.78, 5) is 18.5. The molecule has 220 valence electrons. The lowest BCUT2D eigenvalue weighted by molar-refractivity contribution is 0.170. The SMILES string of the molecule is Nc1nc2c(-c3c(Cl)cc4c(N5CC6CCC(C5)N6)nc(OCC5(CN6CCCC6)CC5)nc4c3F)ccc(F)c2s1. The molecule has 2 atom stereocenters. The lowest BCUT2D eigenvalue weighted by Gasteiger charge is -2.34. The quantitative estimate of drug-likeness (QED) is 0.278. The number of fused-ring (bicyclic) bond motifs is 4. The van der Waals surface area contributed by atoms with Crippen LogP contribution in [0.25, 0.3) is 32.2 Å². The van der Waals surface area contributed by atoms with Gasteiger partial charge in [0.2, 0.25) is 0 Å². The van der Waals surface area contributed by atoms with Crippen LogP contribution in [0.3, 0.4) is 0 Å². The Labute approximate surface area is 251 Å². The van der Waals surface area contributed by atoms with Gasteiger partial charge >= 0.3 is 6.01 Å². The molecule has 5 heterocycles. The molecule has 4 fully saturated rings. The van der Waals surface area contributed by atoms with Crippen molar-refractivity contribution in [1.82, 2.24) is 25.2 Å². The van der Waals surface area contributed by atoms with E-state index in [1.807, 2.05) is 0 Å². The summed E-state index contributed by atoms with van der Waals surface area (Å²) in [6.45, 7) is 5.32. The first kappa shape index (κ1) is 26.7. The fourth-order valence-corrected chi connectivity index (χ4v) is 8.09. The summed E-state index contributed by atoms with van der Waals surface area (Å²) >= 11 is 7.83. The molecule has 1 aliphatic carbocycles. The molecule has 2 aromatic heterocycles. The van der Waals surface area contributed by atoms with Crippen LogP contribution in [0.4, 0.5) is 19.7 Å². The van der Waals surface area contributed by atoms with Crippen LogP contribution in [0.1, 0.15) is 38.5 Å². The first-order chi connectivity index (χ1) is 20.4. The van der Waals surface area contributed by atoms with Crippen LogP contribution < -0.4 is 20.7 Å². The first-order valence-electron chi connectivity index (χ1n) is 14.8. The zero-order valence-electron chi connectivity index (χ0n) is 23.1. The highest BCUT2D eigenvalue weighted by Gasteiger charge is 2.45. The molecule has 0 amide bonds. The van der Waals surface area contributed by atoms with E-state index in [2.05, 4.69) is 25.1 Å². The second kappa shape index (κ2) is 10.1. The number of thiazole rings is 1. The maximum Gasteiger partial charge on any atom is 0.319 e. The largest absolute Gasteiger partial charge is 0.463 e. The average Bonchev–Trinajstić information content (AvgIpc) is 3.25. The Kier molecular flexibility index (Phi) is 6.44. The molecule has 4 aliphatic rings. The van der Waals surface area contributed by atoms with Crippen molar-refractivity contribution < 1.29 is 13.5 Å². The molecule has 3 N–H and O–H groups in total. The molecule has 8 nitrogen and oxygen atoms in total. The van der Waals surface area contributed by atoms with Crippen LogP contribution in [-0.4, -0.2) is 71.3 Å². The molecule has 1 saturated carbocycles. The highest BCUT2D eigenvalue weighted by molar-refractivity contribution is 7.22. The minimum Gasteiger partial charge on any atom is -0.463 e. The van der Waals surface area contributed by atoms with Crippen molar-refractivity contribution in [3.63, 3.8) is 0 Å². The average molecular weight is 612 g/mol. The van der Waals surface area contributed by atoms with Crippen LogP contribution in [0, 0.1) is 17.0 Å². The minimum atomic E-state index is -0.609. The number of likely N-dealkylation sites (tertiary alicyclic amines) is 1. The number of piperazine rings is 1. The lowest BCUT2D eigenvalue weighted by Crippen LogP contribution is -2.51. The second-order valence-corrected chi connectivity index (χ2v) is 13.9. The van der Waals surface area contributed by atoms with Gasteiger partial charge in [-0.1, -0.05) is 22.9 Å². The van der Waals surface area contributed by atoms with Crippen LogP contribution in [0.2, 0.25) is 5.02 Å². The third kappa shape index (κ3) is 4.65. The second-order valence-electron chi connectivity index (χ2n) is 12.4. The standard InChI is InChI=1S/C30H32ClF2N7OS/c31-20-11-19-24(23(33)22(20)18-5-6-21(32)26-25(18)36-28(34)42-26)37-29(38-27(19)40-12-16-3-4-17(13-40)35-16)41-15-30(7-8-30)14-39-9-1-2-10-39/h5-6,11,16-17,35H,1-4,7-10,12-15H2,(H2,34,36). The van der Waals surface area contributed by atoms with Crippen molar-refractivity contribution in [2.45, 2.75) is 50.6 Å². The molecule has 8 rings (SSSR count). The van der Waals surface area contributed by atoms with Gasteiger partial charge in [0.15, 0.2) is 10.9 Å². The molecular weight excluding hydrogens is 580 g/mol. The number of nitrogens with zero attached hydrogens (tertiary/aromatic N) is 5. The predicted molar refractivity (Wildman–Crippen MR) is 162 cm³/mol. The summed E-state index contributed by atoms with van der Waals surface area (Å²) < 4.78 is 37.8. The molecule has 2 unspecified atom stereocenters. The Morgan fingerprint density at radius 3 is 2.57 bits per heavy atom. The van der Waals surface area contributed by atoms with Crippen molar-refractivity contribution in [2.75, 3.05) is 50.0 Å². The van der Waals surface area contributed by atoms with E-state index in [0.717, 1.165) is 69.7 Å². The van der Waals surface area contributed by atoms with Crippen LogP contribution in [0.15, 0.2) is 18.2 Å². The zero-order valence-corrected chi connectivity index (χ0v) is 24.7. The molecule has 42 heavy (non-hydrogen) atoms. The fourth-order valence-electron chi connectivity index (χ4n) is 7.03. The normalized spacial score (nSPS) is 23.4. The first-order valence-corrected chi connectivity index (χ1v) is 16.0. The van der Waals surface area contributed by atoms with Crippen molar-refractivity contribution in [3.05, 3.63) is 34.9 Å². The lowest BCUT2D eigenvalue weighted by atomic mass is 10.0. The number of halogens is 3. The van der Waals surface area contributed by atoms with E-state index in [0.29, 0.717) is 35.5 Å². The van der Waals surface area contributed by atoms with Gasteiger partial charge in [0.05, 0.1) is 21.8 Å². The minimum absolute atomic E-state index is 0.102. The van der Waals surface area contributed by atoms with E-state index in [1.54, 1.807) is 6.07 Å². The van der Waals surface area contributed by atoms with Gasteiger partial charge in [-0.2, -0.15) is 9.97 Å². The molecule has 2 aromatic carbocycles. The van der Waals surface area contributed by atoms with Crippen LogP contribution in [0.5, 0.6) is 6.01 Å². The van der Waals surface area contributed by atoms with Crippen molar-refractivity contribution >= 4 is 55.0 Å². The predicted octanol–water partition coefficient (Wildman–Crippen LogP) is 5.62. The van der Waals surface area contributed by atoms with Crippen molar-refractivity contribution in [3.8, 4) is 17.1 Å². The van der Waals surface area contributed by atoms with Gasteiger partial charge in [0, 0.05) is 53.6 Å². The maximum absolute atomic E-state index is 16.7. The van der Waals surface area contributed by atoms with Gasteiger partial charge in [-0.25, -0.2) is 13.8 Å². The third-order valence-electron chi connectivity index (χ3n) is 9.36. The summed E-state index contributed by atoms with van der Waals surface area (Å²) in [7, 11) is 0. The summed E-state index contributed by atoms with van der Waals surface area (Å²) in [5.74, 6) is -0.439. The Bertz CT molecular complexity index is 1690. The molecule has 0 spiro atoms. The van der Waals surface area contributed by atoms with E-state index in [-0.39, 0.29) is 42.9 Å². The van der Waals surface area contributed by atoms with Gasteiger partial charge in [-0.15, -0.1) is 0 Å². The number of nitrogens with two attached hydrogens (primary N) is 1. The Balaban J connectivity index is 1.23. The third-order valence-corrected chi connectivity index (χ3v) is 10.6. The topological polar surface area (TPSA) is 92.4 Å². The van der Waals surface area contributed by atoms with Gasteiger partial charge in [-0.3, -0.25) is 0 Å². The van der Waals surface area contributed by atoms with Crippen molar-refractivity contribution in [1.29, 1.82) is 0 Å². The van der Waals surface area contributed by atoms with Gasteiger partial charge in [0.25, 0.3) is 0 Å². The number of benzene rings is 2. The molecule has 3 aliphatic heterocycles. The molecular formula is C30H32ClF2N7OS. The van der Waals surface area contributed by atoms with E-state index >= 15 is 4.39 Å². The highest BCUT2D eigenvalue weighted by Crippen LogP contribution is 2.47.